The first-order valence-corrected chi connectivity index (χ1v) is 15.6. The van der Waals surface area contributed by atoms with E-state index in [0.717, 1.165) is 35.5 Å². The van der Waals surface area contributed by atoms with E-state index in [9.17, 15) is 39.2 Å². The molecule has 2 aromatic carbocycles. The number of amides is 1. The molecule has 2 aromatic rings. The summed E-state index contributed by atoms with van der Waals surface area (Å²) in [5.74, 6) is -1.83. The average Bonchev–Trinajstić information content (AvgIpc) is 3.66. The van der Waals surface area contributed by atoms with Crippen molar-refractivity contribution in [3.05, 3.63) is 57.9 Å². The molecule has 8 nitrogen and oxygen atoms in total. The Hall–Kier alpha value is -2.42. The predicted octanol–water partition coefficient (Wildman–Crippen LogP) is 4.54. The van der Waals surface area contributed by atoms with Crippen molar-refractivity contribution in [2.75, 3.05) is 26.0 Å². The van der Waals surface area contributed by atoms with Gasteiger partial charge in [0, 0.05) is 19.2 Å². The highest BCUT2D eigenvalue weighted by Gasteiger charge is 2.35. The number of ether oxygens (including phenoxy) is 1. The first-order chi connectivity index (χ1) is 18.1. The van der Waals surface area contributed by atoms with Crippen LogP contribution < -0.4 is 9.46 Å². The first-order valence-electron chi connectivity index (χ1n) is 11.9. The highest BCUT2D eigenvalue weighted by molar-refractivity contribution is 7.89. The average molecular weight is 613 g/mol. The molecule has 0 spiro atoms. The number of hydrogen-bond donors (Lipinski definition) is 1. The normalized spacial score (nSPS) is 17.7. The van der Waals surface area contributed by atoms with E-state index in [1.807, 2.05) is 0 Å². The van der Waals surface area contributed by atoms with Crippen molar-refractivity contribution in [3.8, 4) is 5.75 Å². The van der Waals surface area contributed by atoms with Gasteiger partial charge >= 0.3 is 6.18 Å². The van der Waals surface area contributed by atoms with Gasteiger partial charge in [0.15, 0.2) is 0 Å². The Morgan fingerprint density at radius 2 is 1.72 bits per heavy atom. The van der Waals surface area contributed by atoms with E-state index in [0.29, 0.717) is 30.5 Å². The van der Waals surface area contributed by atoms with Gasteiger partial charge in [-0.2, -0.15) is 17.5 Å². The zero-order valence-electron chi connectivity index (χ0n) is 20.6. The molecular formula is C24H25ClF4N2O6S2. The number of nitrogens with one attached hydrogen (secondary N) is 1. The van der Waals surface area contributed by atoms with E-state index in [-0.39, 0.29) is 37.3 Å². The number of rotatable bonds is 8. The van der Waals surface area contributed by atoms with Crippen LogP contribution in [0.25, 0.3) is 0 Å². The minimum atomic E-state index is -4.66. The number of piperidine rings is 1. The minimum Gasteiger partial charge on any atom is -0.493 e. The summed E-state index contributed by atoms with van der Waals surface area (Å²) in [6.07, 6.45) is -1.50. The quantitative estimate of drug-likeness (QED) is 0.438. The monoisotopic (exact) mass is 612 g/mol. The molecule has 1 aliphatic carbocycles. The van der Waals surface area contributed by atoms with Gasteiger partial charge in [-0.1, -0.05) is 11.6 Å². The number of halogens is 5. The van der Waals surface area contributed by atoms with Gasteiger partial charge in [0.1, 0.15) is 16.5 Å². The summed E-state index contributed by atoms with van der Waals surface area (Å²) in [5.41, 5.74) is -0.865. The first kappa shape index (κ1) is 29.6. The van der Waals surface area contributed by atoms with Crippen LogP contribution in [0.5, 0.6) is 5.75 Å². The van der Waals surface area contributed by atoms with E-state index >= 15 is 0 Å². The highest BCUT2D eigenvalue weighted by Crippen LogP contribution is 2.45. The van der Waals surface area contributed by atoms with Crippen LogP contribution in [0, 0.1) is 11.7 Å². The second-order valence-electron chi connectivity index (χ2n) is 9.65. The Kier molecular flexibility index (Phi) is 8.23. The number of hydrogen-bond acceptors (Lipinski definition) is 6. The fourth-order valence-electron chi connectivity index (χ4n) is 4.36. The molecule has 39 heavy (non-hydrogen) atoms. The summed E-state index contributed by atoms with van der Waals surface area (Å²) in [7, 11) is -8.00. The molecule has 0 bridgehead atoms. The Morgan fingerprint density at radius 1 is 1.08 bits per heavy atom. The molecule has 214 valence electrons. The van der Waals surface area contributed by atoms with Crippen molar-refractivity contribution in [2.45, 2.75) is 42.7 Å². The van der Waals surface area contributed by atoms with Gasteiger partial charge in [0.05, 0.1) is 29.0 Å². The lowest BCUT2D eigenvalue weighted by Crippen LogP contribution is -2.39. The molecule has 1 heterocycles. The molecule has 15 heteroatoms. The summed E-state index contributed by atoms with van der Waals surface area (Å²) in [6.45, 7) is 0.313. The number of alkyl halides is 3. The number of benzene rings is 2. The molecule has 0 radical (unpaired) electrons. The topological polar surface area (TPSA) is 110 Å². The molecular weight excluding hydrogens is 588 g/mol. The van der Waals surface area contributed by atoms with Crippen molar-refractivity contribution >= 4 is 37.6 Å². The van der Waals surface area contributed by atoms with E-state index < -0.39 is 59.0 Å². The van der Waals surface area contributed by atoms with E-state index in [4.69, 9.17) is 16.3 Å². The van der Waals surface area contributed by atoms with Gasteiger partial charge in [0.2, 0.25) is 20.0 Å². The molecule has 0 aromatic heterocycles. The van der Waals surface area contributed by atoms with E-state index in [1.165, 1.54) is 6.07 Å². The van der Waals surface area contributed by atoms with Crippen LogP contribution in [0.2, 0.25) is 5.02 Å². The standard InChI is InChI=1S/C24H25ClF4N2O6S2/c1-38(33,34)30-23(32)18-11-17(15-2-3-15)21(12-20(18)26)37-13-14-6-8-31(9-7-14)39(35,36)22-5-4-16(10-19(22)25)24(27,28)29/h4-5,10-12,14-15H,2-3,6-9,13H2,1H3,(H,30,32). The lowest BCUT2D eigenvalue weighted by Gasteiger charge is -2.31. The van der Waals surface area contributed by atoms with Crippen LogP contribution in [0.15, 0.2) is 35.2 Å². The Labute approximate surface area is 228 Å². The van der Waals surface area contributed by atoms with Gasteiger partial charge < -0.3 is 4.74 Å². The molecule has 0 atom stereocenters. The molecule has 1 aliphatic heterocycles. The SMILES string of the molecule is CS(=O)(=O)NC(=O)c1cc(C2CC2)c(OCC2CCN(S(=O)(=O)c3ccc(C(F)(F)F)cc3Cl)CC2)cc1F. The number of carbonyl (C=O) groups is 1. The van der Waals surface area contributed by atoms with Crippen LogP contribution in [-0.2, 0) is 26.2 Å². The summed E-state index contributed by atoms with van der Waals surface area (Å²) in [5, 5.41) is -0.515. The fourth-order valence-corrected chi connectivity index (χ4v) is 6.79. The van der Waals surface area contributed by atoms with Crippen LogP contribution in [0.1, 0.15) is 53.1 Å². The zero-order chi connectivity index (χ0) is 28.8. The number of nitrogens with zero attached hydrogens (tertiary/aromatic N) is 1. The fraction of sp³-hybridized carbons (Fsp3) is 0.458. The maximum Gasteiger partial charge on any atom is 0.416 e. The summed E-state index contributed by atoms with van der Waals surface area (Å²) in [6, 6.07) is 4.46. The molecule has 1 N–H and O–H groups in total. The number of sulfonamides is 2. The van der Waals surface area contributed by atoms with Gasteiger partial charge in [0.25, 0.3) is 5.91 Å². The molecule has 1 amide bonds. The third-order valence-corrected chi connectivity index (χ3v) is 9.50. The van der Waals surface area contributed by atoms with Gasteiger partial charge in [-0.15, -0.1) is 0 Å². The lowest BCUT2D eigenvalue weighted by atomic mass is 9.99. The zero-order valence-corrected chi connectivity index (χ0v) is 23.0. The van der Waals surface area contributed by atoms with Crippen molar-refractivity contribution in [2.24, 2.45) is 5.92 Å². The van der Waals surface area contributed by atoms with Crippen LogP contribution in [-0.4, -0.2) is 53.0 Å². The smallest absolute Gasteiger partial charge is 0.416 e. The molecule has 2 aliphatic rings. The maximum absolute atomic E-state index is 14.7. The molecule has 4 rings (SSSR count). The molecule has 1 saturated carbocycles. The lowest BCUT2D eigenvalue weighted by molar-refractivity contribution is -0.137. The van der Waals surface area contributed by atoms with Crippen molar-refractivity contribution in [3.63, 3.8) is 0 Å². The van der Waals surface area contributed by atoms with Gasteiger partial charge in [-0.25, -0.2) is 25.9 Å². The Balaban J connectivity index is 1.41. The second-order valence-corrected chi connectivity index (χ2v) is 13.7. The van der Waals surface area contributed by atoms with Crippen LogP contribution >= 0.6 is 11.6 Å². The Bertz CT molecular complexity index is 1490. The van der Waals surface area contributed by atoms with Gasteiger partial charge in [-0.3, -0.25) is 4.79 Å². The van der Waals surface area contributed by atoms with Crippen LogP contribution in [0.4, 0.5) is 17.6 Å². The van der Waals surface area contributed by atoms with Crippen LogP contribution in [0.3, 0.4) is 0 Å². The molecule has 2 fully saturated rings. The maximum atomic E-state index is 14.7. The van der Waals surface area contributed by atoms with Gasteiger partial charge in [-0.05, 0) is 67.3 Å². The molecule has 0 unspecified atom stereocenters. The third kappa shape index (κ3) is 7.02. The predicted molar refractivity (Wildman–Crippen MR) is 134 cm³/mol. The summed E-state index contributed by atoms with van der Waals surface area (Å²) in [4.78, 5) is 11.8. The van der Waals surface area contributed by atoms with Crippen molar-refractivity contribution < 1.29 is 43.9 Å². The van der Waals surface area contributed by atoms with E-state index in [1.54, 1.807) is 4.72 Å². The number of carbonyl (C=O) groups excluding carboxylic acids is 1. The molecule has 1 saturated heterocycles. The van der Waals surface area contributed by atoms with E-state index in [2.05, 4.69) is 0 Å². The summed E-state index contributed by atoms with van der Waals surface area (Å²) >= 11 is 5.89. The minimum absolute atomic E-state index is 0.0471. The summed E-state index contributed by atoms with van der Waals surface area (Å²) < 4.78 is 111. The van der Waals surface area contributed by atoms with Crippen molar-refractivity contribution in [1.29, 1.82) is 0 Å². The third-order valence-electron chi connectivity index (χ3n) is 6.56. The highest BCUT2D eigenvalue weighted by atomic mass is 35.5. The van der Waals surface area contributed by atoms with Crippen molar-refractivity contribution in [1.82, 2.24) is 9.03 Å². The largest absolute Gasteiger partial charge is 0.493 e. The second kappa shape index (κ2) is 10.9. The Morgan fingerprint density at radius 3 is 2.26 bits per heavy atom.